The van der Waals surface area contributed by atoms with Crippen molar-refractivity contribution in [2.45, 2.75) is 32.4 Å². The Balaban J connectivity index is 1.94. The molecule has 2 atom stereocenters. The summed E-state index contributed by atoms with van der Waals surface area (Å²) in [5, 5.41) is 3.47. The Morgan fingerprint density at radius 1 is 1.35 bits per heavy atom. The first kappa shape index (κ1) is 13.6. The average Bonchev–Trinajstić information content (AvgIpc) is 2.85. The van der Waals surface area contributed by atoms with Crippen molar-refractivity contribution in [1.29, 1.82) is 0 Å². The first-order chi connectivity index (χ1) is 9.67. The Morgan fingerprint density at radius 3 is 2.90 bits per heavy atom. The van der Waals surface area contributed by atoms with Crippen LogP contribution in [0, 0.1) is 12.7 Å². The number of benzene rings is 1. The van der Waals surface area contributed by atoms with Gasteiger partial charge in [0, 0.05) is 33.8 Å². The summed E-state index contributed by atoms with van der Waals surface area (Å²) >= 11 is 1.75. The lowest BCUT2D eigenvalue weighted by Gasteiger charge is -2.32. The molecule has 2 nitrogen and oxygen atoms in total. The molecule has 0 radical (unpaired) electrons. The minimum absolute atomic E-state index is 0.00653. The maximum atomic E-state index is 13.4. The summed E-state index contributed by atoms with van der Waals surface area (Å²) in [7, 11) is 0. The molecule has 0 aliphatic carbocycles. The van der Waals surface area contributed by atoms with Crippen molar-refractivity contribution in [1.82, 2.24) is 5.32 Å². The van der Waals surface area contributed by atoms with Gasteiger partial charge in [0.1, 0.15) is 17.7 Å². The van der Waals surface area contributed by atoms with E-state index in [9.17, 15) is 4.39 Å². The van der Waals surface area contributed by atoms with Gasteiger partial charge >= 0.3 is 0 Å². The normalized spacial score (nSPS) is 21.4. The quantitative estimate of drug-likeness (QED) is 0.906. The van der Waals surface area contributed by atoms with E-state index in [1.165, 1.54) is 21.9 Å². The number of hydrogen-bond donors (Lipinski definition) is 1. The molecule has 1 aliphatic heterocycles. The fourth-order valence-electron chi connectivity index (χ4n) is 2.68. The summed E-state index contributed by atoms with van der Waals surface area (Å²) in [6, 6.07) is 9.25. The van der Waals surface area contributed by atoms with Crippen LogP contribution in [0.15, 0.2) is 30.3 Å². The van der Waals surface area contributed by atoms with Crippen molar-refractivity contribution in [3.8, 4) is 5.75 Å². The van der Waals surface area contributed by atoms with E-state index < -0.39 is 0 Å². The number of ether oxygens (including phenoxy) is 1. The standard InChI is InChI=1S/C16H18FNOS/c1-3-18-13-9-15(16-7-4-10(2)20-16)19-14-8-11(17)5-6-12(13)14/h4-8,13,15,18H,3,9H2,1-2H3. The highest BCUT2D eigenvalue weighted by molar-refractivity contribution is 7.12. The summed E-state index contributed by atoms with van der Waals surface area (Å²) in [5.41, 5.74) is 1.05. The van der Waals surface area contributed by atoms with Crippen LogP contribution in [0.1, 0.15) is 40.8 Å². The summed E-state index contributed by atoms with van der Waals surface area (Å²) < 4.78 is 19.5. The lowest BCUT2D eigenvalue weighted by atomic mass is 9.95. The fourth-order valence-corrected chi connectivity index (χ4v) is 3.60. The number of aryl methyl sites for hydroxylation is 1. The van der Waals surface area contributed by atoms with Gasteiger partial charge in [-0.3, -0.25) is 0 Å². The average molecular weight is 291 g/mol. The Hall–Kier alpha value is -1.39. The van der Waals surface area contributed by atoms with Crippen molar-refractivity contribution < 1.29 is 9.13 Å². The smallest absolute Gasteiger partial charge is 0.135 e. The molecule has 0 saturated heterocycles. The molecule has 0 amide bonds. The van der Waals surface area contributed by atoms with Gasteiger partial charge in [-0.25, -0.2) is 4.39 Å². The van der Waals surface area contributed by atoms with Crippen LogP contribution in [0.5, 0.6) is 5.75 Å². The van der Waals surface area contributed by atoms with E-state index in [0.717, 1.165) is 18.5 Å². The van der Waals surface area contributed by atoms with Gasteiger partial charge in [-0.1, -0.05) is 13.0 Å². The van der Waals surface area contributed by atoms with E-state index in [0.29, 0.717) is 5.75 Å². The zero-order valence-electron chi connectivity index (χ0n) is 11.7. The molecule has 1 N–H and O–H groups in total. The minimum Gasteiger partial charge on any atom is -0.484 e. The first-order valence-corrected chi connectivity index (χ1v) is 7.75. The Kier molecular flexibility index (Phi) is 3.76. The molecule has 2 aromatic rings. The van der Waals surface area contributed by atoms with Gasteiger partial charge in [-0.2, -0.15) is 0 Å². The zero-order valence-corrected chi connectivity index (χ0v) is 12.5. The molecule has 20 heavy (non-hydrogen) atoms. The second kappa shape index (κ2) is 5.54. The highest BCUT2D eigenvalue weighted by atomic mass is 32.1. The lowest BCUT2D eigenvalue weighted by molar-refractivity contribution is 0.154. The third-order valence-corrected chi connectivity index (χ3v) is 4.69. The molecule has 1 aromatic carbocycles. The highest BCUT2D eigenvalue weighted by Crippen LogP contribution is 2.42. The molecule has 0 saturated carbocycles. The number of fused-ring (bicyclic) bond motifs is 1. The van der Waals surface area contributed by atoms with Gasteiger partial charge in [0.2, 0.25) is 0 Å². The van der Waals surface area contributed by atoms with Crippen molar-refractivity contribution in [3.05, 3.63) is 51.5 Å². The SMILES string of the molecule is CCNC1CC(c2ccc(C)s2)Oc2cc(F)ccc21. The topological polar surface area (TPSA) is 21.3 Å². The molecule has 0 fully saturated rings. The molecule has 2 heterocycles. The molecule has 1 aliphatic rings. The third kappa shape index (κ3) is 2.58. The van der Waals surface area contributed by atoms with Gasteiger partial charge in [-0.15, -0.1) is 11.3 Å². The van der Waals surface area contributed by atoms with Gasteiger partial charge in [0.05, 0.1) is 0 Å². The zero-order chi connectivity index (χ0) is 14.1. The Labute approximate surface area is 122 Å². The van der Waals surface area contributed by atoms with Crippen LogP contribution >= 0.6 is 11.3 Å². The largest absolute Gasteiger partial charge is 0.484 e. The van der Waals surface area contributed by atoms with Gasteiger partial charge in [-0.05, 0) is 31.7 Å². The third-order valence-electron chi connectivity index (χ3n) is 3.60. The predicted molar refractivity (Wildman–Crippen MR) is 79.9 cm³/mol. The number of hydrogen-bond acceptors (Lipinski definition) is 3. The minimum atomic E-state index is -0.248. The van der Waals surface area contributed by atoms with E-state index in [1.54, 1.807) is 11.3 Å². The van der Waals surface area contributed by atoms with Gasteiger partial charge < -0.3 is 10.1 Å². The van der Waals surface area contributed by atoms with Crippen molar-refractivity contribution in [3.63, 3.8) is 0 Å². The monoisotopic (exact) mass is 291 g/mol. The summed E-state index contributed by atoms with van der Waals surface area (Å²) in [6.07, 6.45) is 0.888. The molecule has 2 unspecified atom stereocenters. The summed E-state index contributed by atoms with van der Waals surface area (Å²) in [6.45, 7) is 5.06. The second-order valence-corrected chi connectivity index (χ2v) is 6.40. The van der Waals surface area contributed by atoms with E-state index in [1.807, 2.05) is 6.07 Å². The maximum Gasteiger partial charge on any atom is 0.135 e. The number of halogens is 1. The Bertz CT molecular complexity index is 610. The number of nitrogens with one attached hydrogen (secondary N) is 1. The predicted octanol–water partition coefficient (Wildman–Crippen LogP) is 4.37. The first-order valence-electron chi connectivity index (χ1n) is 6.93. The van der Waals surface area contributed by atoms with E-state index in [4.69, 9.17) is 4.74 Å². The van der Waals surface area contributed by atoms with E-state index in [2.05, 4.69) is 31.3 Å². The molecule has 106 valence electrons. The maximum absolute atomic E-state index is 13.4. The van der Waals surface area contributed by atoms with Crippen LogP contribution in [0.3, 0.4) is 0 Å². The van der Waals surface area contributed by atoms with Crippen LogP contribution in [0.2, 0.25) is 0 Å². The van der Waals surface area contributed by atoms with Crippen LogP contribution in [0.25, 0.3) is 0 Å². The Morgan fingerprint density at radius 2 is 2.20 bits per heavy atom. The van der Waals surface area contributed by atoms with Gasteiger partial charge in [0.25, 0.3) is 0 Å². The van der Waals surface area contributed by atoms with Crippen molar-refractivity contribution in [2.75, 3.05) is 6.54 Å². The number of thiophene rings is 1. The van der Waals surface area contributed by atoms with Gasteiger partial charge in [0.15, 0.2) is 0 Å². The van der Waals surface area contributed by atoms with E-state index >= 15 is 0 Å². The molecule has 3 rings (SSSR count). The van der Waals surface area contributed by atoms with Crippen molar-refractivity contribution in [2.24, 2.45) is 0 Å². The summed E-state index contributed by atoms with van der Waals surface area (Å²) in [5.74, 6) is 0.417. The molecule has 1 aromatic heterocycles. The molecular weight excluding hydrogens is 273 g/mol. The number of rotatable bonds is 3. The molecule has 4 heteroatoms. The van der Waals surface area contributed by atoms with E-state index in [-0.39, 0.29) is 18.0 Å². The molecule has 0 bridgehead atoms. The molecular formula is C16H18FNOS. The van der Waals surface area contributed by atoms with Crippen LogP contribution in [-0.4, -0.2) is 6.54 Å². The van der Waals surface area contributed by atoms with Crippen molar-refractivity contribution >= 4 is 11.3 Å². The summed E-state index contributed by atoms with van der Waals surface area (Å²) in [4.78, 5) is 2.48. The molecule has 0 spiro atoms. The second-order valence-electron chi connectivity index (χ2n) is 5.08. The lowest BCUT2D eigenvalue weighted by Crippen LogP contribution is -2.28. The van der Waals surface area contributed by atoms with Crippen LogP contribution < -0.4 is 10.1 Å². The van der Waals surface area contributed by atoms with Crippen LogP contribution in [0.4, 0.5) is 4.39 Å². The van der Waals surface area contributed by atoms with Crippen LogP contribution in [-0.2, 0) is 0 Å². The highest BCUT2D eigenvalue weighted by Gasteiger charge is 2.29. The fraction of sp³-hybridized carbons (Fsp3) is 0.375.